The molecule has 48 heavy (non-hydrogen) atoms. The first-order valence-corrected chi connectivity index (χ1v) is 17.2. The Balaban J connectivity index is 1.10. The topological polar surface area (TPSA) is 13.1 Å². The molecule has 0 aliphatic rings. The fourth-order valence-electron chi connectivity index (χ4n) is 7.86. The van der Waals surface area contributed by atoms with E-state index < -0.39 is 0 Å². The predicted molar refractivity (Wildman–Crippen MR) is 208 cm³/mol. The summed E-state index contributed by atoms with van der Waals surface area (Å²) in [7, 11) is 0. The van der Waals surface area contributed by atoms with Crippen LogP contribution in [0.4, 0.5) is 0 Å². The van der Waals surface area contributed by atoms with Gasteiger partial charge in [0.05, 0.1) is 0 Å². The van der Waals surface area contributed by atoms with Gasteiger partial charge in [-0.15, -0.1) is 11.3 Å². The predicted octanol–water partition coefficient (Wildman–Crippen LogP) is 13.9. The van der Waals surface area contributed by atoms with E-state index in [1.54, 1.807) is 0 Å². The van der Waals surface area contributed by atoms with Crippen molar-refractivity contribution in [2.45, 2.75) is 0 Å². The Morgan fingerprint density at radius 3 is 1.56 bits per heavy atom. The minimum absolute atomic E-state index is 0.930. The van der Waals surface area contributed by atoms with Gasteiger partial charge in [0.2, 0.25) is 0 Å². The molecule has 9 aromatic carbocycles. The molecule has 0 unspecified atom stereocenters. The second-order valence-electron chi connectivity index (χ2n) is 12.9. The number of thiophene rings is 1. The number of furan rings is 1. The number of fused-ring (bicyclic) bond motifs is 13. The number of hydrogen-bond acceptors (Lipinski definition) is 2. The zero-order valence-corrected chi connectivity index (χ0v) is 26.6. The summed E-state index contributed by atoms with van der Waals surface area (Å²) < 4.78 is 8.97. The average Bonchev–Trinajstić information content (AvgIpc) is 3.71. The van der Waals surface area contributed by atoms with E-state index in [4.69, 9.17) is 4.42 Å². The number of hydrogen-bond donors (Lipinski definition) is 0. The van der Waals surface area contributed by atoms with Gasteiger partial charge in [0.15, 0.2) is 0 Å². The smallest absolute Gasteiger partial charge is 0.136 e. The van der Waals surface area contributed by atoms with E-state index in [0.29, 0.717) is 0 Å². The normalized spacial score (nSPS) is 12.2. The van der Waals surface area contributed by atoms with E-state index in [1.807, 2.05) is 17.4 Å². The molecule has 222 valence electrons. The molecular formula is C46H26OS. The van der Waals surface area contributed by atoms with Gasteiger partial charge < -0.3 is 4.42 Å². The molecule has 0 atom stereocenters. The van der Waals surface area contributed by atoms with E-state index in [0.717, 1.165) is 16.6 Å². The van der Waals surface area contributed by atoms with Gasteiger partial charge in [0.1, 0.15) is 11.2 Å². The molecule has 2 heterocycles. The molecule has 0 saturated heterocycles. The van der Waals surface area contributed by atoms with Crippen molar-refractivity contribution in [3.63, 3.8) is 0 Å². The molecule has 0 aliphatic carbocycles. The minimum Gasteiger partial charge on any atom is -0.456 e. The van der Waals surface area contributed by atoms with Gasteiger partial charge in [-0.1, -0.05) is 103 Å². The average molecular weight is 627 g/mol. The lowest BCUT2D eigenvalue weighted by molar-refractivity contribution is 0.669. The summed E-state index contributed by atoms with van der Waals surface area (Å²) >= 11 is 1.87. The lowest BCUT2D eigenvalue weighted by atomic mass is 9.91. The largest absolute Gasteiger partial charge is 0.456 e. The molecular weight excluding hydrogens is 601 g/mol. The Morgan fingerprint density at radius 1 is 0.292 bits per heavy atom. The summed E-state index contributed by atoms with van der Waals surface area (Å²) in [5.74, 6) is 0. The van der Waals surface area contributed by atoms with Gasteiger partial charge in [0, 0.05) is 30.9 Å². The molecule has 0 radical (unpaired) electrons. The molecule has 0 aliphatic heterocycles. The monoisotopic (exact) mass is 626 g/mol. The van der Waals surface area contributed by atoms with Crippen LogP contribution >= 0.6 is 11.3 Å². The molecule has 0 amide bonds. The third-order valence-electron chi connectivity index (χ3n) is 10.2. The third-order valence-corrected chi connectivity index (χ3v) is 11.4. The molecule has 0 saturated carbocycles. The van der Waals surface area contributed by atoms with Crippen molar-refractivity contribution in [1.82, 2.24) is 0 Å². The number of para-hydroxylation sites is 1. The third kappa shape index (κ3) is 3.78. The highest BCUT2D eigenvalue weighted by molar-refractivity contribution is 7.25. The molecule has 0 N–H and O–H groups in total. The van der Waals surface area contributed by atoms with E-state index in [2.05, 4.69) is 152 Å². The maximum Gasteiger partial charge on any atom is 0.136 e. The van der Waals surface area contributed by atoms with Crippen molar-refractivity contribution in [1.29, 1.82) is 0 Å². The van der Waals surface area contributed by atoms with Crippen molar-refractivity contribution in [3.8, 4) is 22.3 Å². The molecule has 11 aromatic rings. The van der Waals surface area contributed by atoms with Crippen LogP contribution in [-0.2, 0) is 0 Å². The molecule has 2 heteroatoms. The first-order valence-electron chi connectivity index (χ1n) is 16.4. The second kappa shape index (κ2) is 9.78. The SMILES string of the molecule is c1ccc2cc(-c3ccc4sc5ccc(-c6ccc7c(c6)c6ccccc6c6cc8c(cc76)oc6ccccc68)cc5c4c3)ccc2c1. The van der Waals surface area contributed by atoms with Crippen LogP contribution in [0, 0.1) is 0 Å². The summed E-state index contributed by atoms with van der Waals surface area (Å²) in [6.45, 7) is 0. The van der Waals surface area contributed by atoms with Crippen molar-refractivity contribution >= 4 is 96.5 Å². The Kier molecular flexibility index (Phi) is 5.32. The molecule has 2 aromatic heterocycles. The van der Waals surface area contributed by atoms with Crippen LogP contribution in [0.25, 0.3) is 107 Å². The molecule has 0 bridgehead atoms. The summed E-state index contributed by atoms with van der Waals surface area (Å²) in [5.41, 5.74) is 6.82. The van der Waals surface area contributed by atoms with Crippen molar-refractivity contribution in [2.24, 2.45) is 0 Å². The maximum absolute atomic E-state index is 6.34. The number of rotatable bonds is 2. The van der Waals surface area contributed by atoms with Crippen molar-refractivity contribution < 1.29 is 4.42 Å². The minimum atomic E-state index is 0.930. The van der Waals surface area contributed by atoms with Crippen LogP contribution in [0.5, 0.6) is 0 Å². The fourth-order valence-corrected chi connectivity index (χ4v) is 8.92. The van der Waals surface area contributed by atoms with Gasteiger partial charge >= 0.3 is 0 Å². The van der Waals surface area contributed by atoms with Crippen LogP contribution in [0.2, 0.25) is 0 Å². The molecule has 0 spiro atoms. The van der Waals surface area contributed by atoms with E-state index >= 15 is 0 Å². The molecule has 11 rings (SSSR count). The molecule has 0 fully saturated rings. The highest BCUT2D eigenvalue weighted by Gasteiger charge is 2.15. The van der Waals surface area contributed by atoms with E-state index in [9.17, 15) is 0 Å². The second-order valence-corrected chi connectivity index (χ2v) is 14.0. The lowest BCUT2D eigenvalue weighted by Crippen LogP contribution is -1.85. The first kappa shape index (κ1) is 26.1. The van der Waals surface area contributed by atoms with Gasteiger partial charge in [-0.2, -0.15) is 0 Å². The maximum atomic E-state index is 6.34. The fraction of sp³-hybridized carbons (Fsp3) is 0. The zero-order chi connectivity index (χ0) is 31.3. The standard InChI is InChI=1S/C46H26OS/c1-2-8-28-21-29(14-13-27(28)7-1)31-16-19-45-41(23-31)42-24-32(17-20-46(42)48-45)30-15-18-35-37(22-30)33-9-3-4-10-34(33)38-25-40-36-11-5-6-12-43(36)47-44(40)26-39(35)38/h1-26H. The number of benzene rings is 9. The Labute approximate surface area is 279 Å². The van der Waals surface area contributed by atoms with Crippen LogP contribution in [0.1, 0.15) is 0 Å². The van der Waals surface area contributed by atoms with E-state index in [-0.39, 0.29) is 0 Å². The van der Waals surface area contributed by atoms with Gasteiger partial charge in [-0.05, 0) is 120 Å². The Bertz CT molecular complexity index is 3120. The summed E-state index contributed by atoms with van der Waals surface area (Å²) in [6, 6.07) is 58.0. The van der Waals surface area contributed by atoms with Crippen LogP contribution in [0.15, 0.2) is 162 Å². The van der Waals surface area contributed by atoms with Gasteiger partial charge in [0.25, 0.3) is 0 Å². The Morgan fingerprint density at radius 2 is 0.812 bits per heavy atom. The molecule has 1 nitrogen and oxygen atoms in total. The van der Waals surface area contributed by atoms with Crippen LogP contribution < -0.4 is 0 Å². The summed E-state index contributed by atoms with van der Waals surface area (Å²) in [6.07, 6.45) is 0. The van der Waals surface area contributed by atoms with Gasteiger partial charge in [-0.3, -0.25) is 0 Å². The van der Waals surface area contributed by atoms with Crippen molar-refractivity contribution in [2.75, 3.05) is 0 Å². The Hall–Kier alpha value is -5.96. The quantitative estimate of drug-likeness (QED) is 0.174. The lowest BCUT2D eigenvalue weighted by Gasteiger charge is -2.12. The van der Waals surface area contributed by atoms with Crippen molar-refractivity contribution in [3.05, 3.63) is 158 Å². The highest BCUT2D eigenvalue weighted by atomic mass is 32.1. The van der Waals surface area contributed by atoms with Crippen LogP contribution in [-0.4, -0.2) is 0 Å². The van der Waals surface area contributed by atoms with Gasteiger partial charge in [-0.25, -0.2) is 0 Å². The zero-order valence-electron chi connectivity index (χ0n) is 25.8. The highest BCUT2D eigenvalue weighted by Crippen LogP contribution is 2.43. The summed E-state index contributed by atoms with van der Waals surface area (Å²) in [4.78, 5) is 0. The van der Waals surface area contributed by atoms with E-state index in [1.165, 1.54) is 90.9 Å². The first-order chi connectivity index (χ1) is 23.7. The summed E-state index contributed by atoms with van der Waals surface area (Å²) in [5, 5.41) is 15.0. The van der Waals surface area contributed by atoms with Crippen LogP contribution in [0.3, 0.4) is 0 Å².